The van der Waals surface area contributed by atoms with Crippen molar-refractivity contribution >= 4 is 17.2 Å². The molecule has 0 aliphatic heterocycles. The first-order chi connectivity index (χ1) is 8.69. The molecule has 0 saturated carbocycles. The van der Waals surface area contributed by atoms with Gasteiger partial charge in [-0.25, -0.2) is 0 Å². The maximum atomic E-state index is 11.3. The van der Waals surface area contributed by atoms with E-state index in [1.165, 1.54) is 4.88 Å². The Labute approximate surface area is 112 Å². The SMILES string of the molecule is CCN(CC(=O)NC)Cc1cc(C#CCN)cs1. The van der Waals surface area contributed by atoms with E-state index >= 15 is 0 Å². The molecule has 0 aromatic carbocycles. The van der Waals surface area contributed by atoms with Crippen molar-refractivity contribution in [2.45, 2.75) is 13.5 Å². The van der Waals surface area contributed by atoms with Crippen LogP contribution < -0.4 is 11.1 Å². The Balaban J connectivity index is 2.59. The van der Waals surface area contributed by atoms with Crippen LogP contribution >= 0.6 is 11.3 Å². The van der Waals surface area contributed by atoms with Gasteiger partial charge in [0, 0.05) is 29.4 Å². The number of amides is 1. The minimum Gasteiger partial charge on any atom is -0.358 e. The van der Waals surface area contributed by atoms with Crippen molar-refractivity contribution in [1.82, 2.24) is 10.2 Å². The van der Waals surface area contributed by atoms with Crippen LogP contribution in [0.5, 0.6) is 0 Å². The second kappa shape index (κ2) is 7.88. The van der Waals surface area contributed by atoms with Gasteiger partial charge >= 0.3 is 0 Å². The van der Waals surface area contributed by atoms with Gasteiger partial charge in [-0.15, -0.1) is 11.3 Å². The Kier molecular flexibility index (Phi) is 6.44. The maximum absolute atomic E-state index is 11.3. The minimum absolute atomic E-state index is 0.0385. The molecular formula is C13H19N3OS. The second-order valence-corrected chi connectivity index (χ2v) is 4.78. The molecular weight excluding hydrogens is 246 g/mol. The highest BCUT2D eigenvalue weighted by atomic mass is 32.1. The topological polar surface area (TPSA) is 58.4 Å². The molecule has 0 bridgehead atoms. The Morgan fingerprint density at radius 3 is 3.00 bits per heavy atom. The summed E-state index contributed by atoms with van der Waals surface area (Å²) in [7, 11) is 1.65. The number of hydrogen-bond acceptors (Lipinski definition) is 4. The van der Waals surface area contributed by atoms with Crippen LogP contribution in [0.25, 0.3) is 0 Å². The summed E-state index contributed by atoms with van der Waals surface area (Å²) in [6, 6.07) is 2.06. The molecule has 0 atom stereocenters. The van der Waals surface area contributed by atoms with Gasteiger partial charge in [0.25, 0.3) is 0 Å². The lowest BCUT2D eigenvalue weighted by molar-refractivity contribution is -0.121. The van der Waals surface area contributed by atoms with Gasteiger partial charge in [0.05, 0.1) is 13.1 Å². The molecule has 0 unspecified atom stereocenters. The molecule has 4 nitrogen and oxygen atoms in total. The molecule has 5 heteroatoms. The quantitative estimate of drug-likeness (QED) is 0.768. The Hall–Kier alpha value is -1.35. The summed E-state index contributed by atoms with van der Waals surface area (Å²) in [6.07, 6.45) is 0. The van der Waals surface area contributed by atoms with E-state index in [0.29, 0.717) is 13.1 Å². The normalized spacial score (nSPS) is 10.0. The van der Waals surface area contributed by atoms with Crippen LogP contribution in [-0.4, -0.2) is 37.5 Å². The van der Waals surface area contributed by atoms with Crippen molar-refractivity contribution in [1.29, 1.82) is 0 Å². The Morgan fingerprint density at radius 1 is 1.61 bits per heavy atom. The zero-order chi connectivity index (χ0) is 13.4. The largest absolute Gasteiger partial charge is 0.358 e. The molecule has 3 N–H and O–H groups in total. The van der Waals surface area contributed by atoms with Gasteiger partial charge in [-0.1, -0.05) is 18.8 Å². The average molecular weight is 265 g/mol. The highest BCUT2D eigenvalue weighted by Crippen LogP contribution is 2.16. The fourth-order valence-electron chi connectivity index (χ4n) is 1.46. The van der Waals surface area contributed by atoms with Crippen molar-refractivity contribution in [3.05, 3.63) is 21.9 Å². The van der Waals surface area contributed by atoms with Crippen molar-refractivity contribution in [2.24, 2.45) is 5.73 Å². The minimum atomic E-state index is 0.0385. The van der Waals surface area contributed by atoms with Crippen LogP contribution in [0.2, 0.25) is 0 Å². The fraction of sp³-hybridized carbons (Fsp3) is 0.462. The molecule has 18 heavy (non-hydrogen) atoms. The Morgan fingerprint density at radius 2 is 2.39 bits per heavy atom. The van der Waals surface area contributed by atoms with Crippen molar-refractivity contribution < 1.29 is 4.79 Å². The summed E-state index contributed by atoms with van der Waals surface area (Å²) in [5.74, 6) is 5.88. The smallest absolute Gasteiger partial charge is 0.233 e. The number of rotatable bonds is 5. The number of carbonyl (C=O) groups is 1. The van der Waals surface area contributed by atoms with Gasteiger partial charge in [0.15, 0.2) is 0 Å². The van der Waals surface area contributed by atoms with E-state index in [-0.39, 0.29) is 5.91 Å². The van der Waals surface area contributed by atoms with Gasteiger partial charge in [0.2, 0.25) is 5.91 Å². The number of carbonyl (C=O) groups excluding carboxylic acids is 1. The molecule has 0 saturated heterocycles. The molecule has 1 aromatic rings. The number of nitrogens with zero attached hydrogens (tertiary/aromatic N) is 1. The van der Waals surface area contributed by atoms with Crippen LogP contribution in [0.4, 0.5) is 0 Å². The first-order valence-corrected chi connectivity index (χ1v) is 6.76. The molecule has 1 heterocycles. The van der Waals surface area contributed by atoms with Crippen molar-refractivity contribution in [3.63, 3.8) is 0 Å². The van der Waals surface area contributed by atoms with Crippen LogP contribution in [0.3, 0.4) is 0 Å². The van der Waals surface area contributed by atoms with E-state index in [4.69, 9.17) is 5.73 Å². The van der Waals surface area contributed by atoms with E-state index in [0.717, 1.165) is 18.7 Å². The van der Waals surface area contributed by atoms with Gasteiger partial charge in [-0.05, 0) is 12.6 Å². The van der Waals surface area contributed by atoms with E-state index in [9.17, 15) is 4.79 Å². The number of thiophene rings is 1. The van der Waals surface area contributed by atoms with Crippen molar-refractivity contribution in [2.75, 3.05) is 26.7 Å². The van der Waals surface area contributed by atoms with E-state index in [1.807, 2.05) is 12.3 Å². The molecule has 0 radical (unpaired) electrons. The average Bonchev–Trinajstić information content (AvgIpc) is 2.82. The third-order valence-electron chi connectivity index (χ3n) is 2.46. The molecule has 1 aromatic heterocycles. The van der Waals surface area contributed by atoms with Gasteiger partial charge < -0.3 is 11.1 Å². The molecule has 1 amide bonds. The number of hydrogen-bond donors (Lipinski definition) is 2. The summed E-state index contributed by atoms with van der Waals surface area (Å²) in [5, 5.41) is 4.65. The molecule has 1 rings (SSSR count). The first kappa shape index (κ1) is 14.7. The monoisotopic (exact) mass is 265 g/mol. The zero-order valence-electron chi connectivity index (χ0n) is 10.8. The Bertz CT molecular complexity index is 445. The van der Waals surface area contributed by atoms with Crippen molar-refractivity contribution in [3.8, 4) is 11.8 Å². The highest BCUT2D eigenvalue weighted by Gasteiger charge is 2.09. The summed E-state index contributed by atoms with van der Waals surface area (Å²) >= 11 is 1.66. The van der Waals surface area contributed by atoms with Gasteiger partial charge in [0.1, 0.15) is 0 Å². The molecule has 0 aliphatic carbocycles. The standard InChI is InChI=1S/C13H19N3OS/c1-3-16(9-13(17)15-2)8-12-7-11(10-18-12)5-4-6-14/h7,10H,3,6,8-9,14H2,1-2H3,(H,15,17). The van der Waals surface area contributed by atoms with E-state index in [2.05, 4.69) is 28.1 Å². The van der Waals surface area contributed by atoms with Crippen LogP contribution in [0, 0.1) is 11.8 Å². The number of nitrogens with one attached hydrogen (secondary N) is 1. The summed E-state index contributed by atoms with van der Waals surface area (Å²) in [4.78, 5) is 14.6. The maximum Gasteiger partial charge on any atom is 0.233 e. The molecule has 98 valence electrons. The lowest BCUT2D eigenvalue weighted by Gasteiger charge is -2.18. The van der Waals surface area contributed by atoms with Crippen LogP contribution in [0.1, 0.15) is 17.4 Å². The number of likely N-dealkylation sites (N-methyl/N-ethyl adjacent to an activating group) is 2. The summed E-state index contributed by atoms with van der Waals surface area (Å²) < 4.78 is 0. The molecule has 0 fully saturated rings. The third-order valence-corrected chi connectivity index (χ3v) is 3.38. The lowest BCUT2D eigenvalue weighted by atomic mass is 10.3. The fourth-order valence-corrected chi connectivity index (χ4v) is 2.32. The second-order valence-electron chi connectivity index (χ2n) is 3.78. The zero-order valence-corrected chi connectivity index (χ0v) is 11.6. The summed E-state index contributed by atoms with van der Waals surface area (Å²) in [6.45, 7) is 4.47. The highest BCUT2D eigenvalue weighted by molar-refractivity contribution is 7.10. The predicted octanol–water partition coefficient (Wildman–Crippen LogP) is 0.626. The van der Waals surface area contributed by atoms with Crippen LogP contribution in [-0.2, 0) is 11.3 Å². The molecule has 0 spiro atoms. The van der Waals surface area contributed by atoms with E-state index < -0.39 is 0 Å². The number of nitrogens with two attached hydrogens (primary N) is 1. The van der Waals surface area contributed by atoms with Gasteiger partial charge in [-0.2, -0.15) is 0 Å². The molecule has 0 aliphatic rings. The predicted molar refractivity (Wildman–Crippen MR) is 75.3 cm³/mol. The lowest BCUT2D eigenvalue weighted by Crippen LogP contribution is -2.34. The van der Waals surface area contributed by atoms with Crippen LogP contribution in [0.15, 0.2) is 11.4 Å². The summed E-state index contributed by atoms with van der Waals surface area (Å²) in [5.41, 5.74) is 6.33. The van der Waals surface area contributed by atoms with Gasteiger partial charge in [-0.3, -0.25) is 9.69 Å². The first-order valence-electron chi connectivity index (χ1n) is 5.88. The van der Waals surface area contributed by atoms with E-state index in [1.54, 1.807) is 18.4 Å². The third kappa shape index (κ3) is 4.88.